The molecule has 4 nitrogen and oxygen atoms in total. The van der Waals surface area contributed by atoms with Gasteiger partial charge < -0.3 is 16.2 Å². The van der Waals surface area contributed by atoms with Crippen LogP contribution < -0.4 is 16.2 Å². The van der Waals surface area contributed by atoms with Crippen molar-refractivity contribution >= 4 is 38.1 Å². The summed E-state index contributed by atoms with van der Waals surface area (Å²) in [6.07, 6.45) is 0.875. The summed E-state index contributed by atoms with van der Waals surface area (Å²) < 4.78 is 6.68. The SMILES string of the molecule is COc1ccc2nc(N)c3sccc3c2c1-c1ccc(CCN)cc1. The fraction of sp³-hybridized carbons (Fsp3) is 0.150. The number of methoxy groups -OCH3 is 1. The van der Waals surface area contributed by atoms with Gasteiger partial charge in [0.05, 0.1) is 17.3 Å². The second-order valence-electron chi connectivity index (χ2n) is 5.93. The molecule has 0 saturated carbocycles. The van der Waals surface area contributed by atoms with Crippen LogP contribution in [0.5, 0.6) is 5.75 Å². The van der Waals surface area contributed by atoms with E-state index in [1.165, 1.54) is 5.56 Å². The van der Waals surface area contributed by atoms with Crippen LogP contribution >= 0.6 is 11.3 Å². The number of nitrogen functional groups attached to an aromatic ring is 1. The number of benzene rings is 2. The molecule has 4 rings (SSSR count). The summed E-state index contributed by atoms with van der Waals surface area (Å²) in [7, 11) is 1.70. The minimum absolute atomic E-state index is 0.576. The normalized spacial score (nSPS) is 11.3. The molecule has 0 atom stereocenters. The second kappa shape index (κ2) is 6.35. The van der Waals surface area contributed by atoms with Gasteiger partial charge in [-0.05, 0) is 47.7 Å². The summed E-state index contributed by atoms with van der Waals surface area (Å²) in [5.41, 5.74) is 16.1. The Labute approximate surface area is 150 Å². The maximum Gasteiger partial charge on any atom is 0.142 e. The molecule has 2 aromatic heterocycles. The third kappa shape index (κ3) is 2.62. The Bertz CT molecular complexity index is 1050. The predicted molar refractivity (Wildman–Crippen MR) is 106 cm³/mol. The molecule has 0 spiro atoms. The quantitative estimate of drug-likeness (QED) is 0.579. The Kier molecular flexibility index (Phi) is 4.03. The second-order valence-corrected chi connectivity index (χ2v) is 6.85. The van der Waals surface area contributed by atoms with Crippen molar-refractivity contribution in [2.75, 3.05) is 19.4 Å². The molecule has 0 amide bonds. The number of hydrogen-bond acceptors (Lipinski definition) is 5. The first kappa shape index (κ1) is 15.9. The van der Waals surface area contributed by atoms with Gasteiger partial charge in [-0.2, -0.15) is 0 Å². The largest absolute Gasteiger partial charge is 0.496 e. The average molecular weight is 349 g/mol. The van der Waals surface area contributed by atoms with Crippen molar-refractivity contribution < 1.29 is 4.74 Å². The van der Waals surface area contributed by atoms with Crippen molar-refractivity contribution in [3.8, 4) is 16.9 Å². The third-order valence-corrected chi connectivity index (χ3v) is 5.39. The lowest BCUT2D eigenvalue weighted by atomic mass is 9.96. The molecule has 4 N–H and O–H groups in total. The van der Waals surface area contributed by atoms with Gasteiger partial charge in [0.2, 0.25) is 0 Å². The first-order chi connectivity index (χ1) is 12.2. The lowest BCUT2D eigenvalue weighted by Crippen LogP contribution is -2.02. The van der Waals surface area contributed by atoms with Crippen LogP contribution in [0.15, 0.2) is 47.8 Å². The van der Waals surface area contributed by atoms with Crippen LogP contribution in [-0.4, -0.2) is 18.6 Å². The van der Waals surface area contributed by atoms with Crippen molar-refractivity contribution in [3.05, 3.63) is 53.4 Å². The summed E-state index contributed by atoms with van der Waals surface area (Å²) in [5.74, 6) is 1.41. The summed E-state index contributed by atoms with van der Waals surface area (Å²) >= 11 is 1.61. The smallest absolute Gasteiger partial charge is 0.142 e. The number of pyridine rings is 1. The topological polar surface area (TPSA) is 74.2 Å². The number of nitrogens with two attached hydrogens (primary N) is 2. The van der Waals surface area contributed by atoms with Crippen molar-refractivity contribution in [2.45, 2.75) is 6.42 Å². The van der Waals surface area contributed by atoms with Crippen LogP contribution in [0.4, 0.5) is 5.82 Å². The third-order valence-electron chi connectivity index (χ3n) is 4.45. The van der Waals surface area contributed by atoms with E-state index in [1.807, 2.05) is 12.1 Å². The molecule has 0 radical (unpaired) electrons. The van der Waals surface area contributed by atoms with Gasteiger partial charge in [-0.3, -0.25) is 0 Å². The molecule has 0 saturated heterocycles. The lowest BCUT2D eigenvalue weighted by molar-refractivity contribution is 0.417. The van der Waals surface area contributed by atoms with Gasteiger partial charge in [-0.1, -0.05) is 24.3 Å². The van der Waals surface area contributed by atoms with Gasteiger partial charge >= 0.3 is 0 Å². The zero-order chi connectivity index (χ0) is 17.4. The van der Waals surface area contributed by atoms with Gasteiger partial charge in [0.25, 0.3) is 0 Å². The first-order valence-corrected chi connectivity index (χ1v) is 9.03. The number of ether oxygens (including phenoxy) is 1. The standard InChI is InChI=1S/C20H19N3OS/c1-24-16-7-6-15-18(14-9-11-25-19(14)20(22)23-15)17(16)13-4-2-12(3-5-13)8-10-21/h2-7,9,11H,8,10,21H2,1H3,(H2,22,23). The molecule has 126 valence electrons. The fourth-order valence-electron chi connectivity index (χ4n) is 3.28. The van der Waals surface area contributed by atoms with Gasteiger partial charge in [0.15, 0.2) is 0 Å². The molecule has 0 aliphatic rings. The molecule has 0 aliphatic heterocycles. The molecule has 4 aromatic rings. The van der Waals surface area contributed by atoms with Gasteiger partial charge in [0, 0.05) is 16.3 Å². The maximum absolute atomic E-state index is 6.14. The summed E-state index contributed by atoms with van der Waals surface area (Å²) in [4.78, 5) is 4.60. The minimum atomic E-state index is 0.576. The fourth-order valence-corrected chi connectivity index (χ4v) is 4.09. The van der Waals surface area contributed by atoms with Crippen molar-refractivity contribution in [1.29, 1.82) is 0 Å². The molecule has 0 fully saturated rings. The van der Waals surface area contributed by atoms with Crippen LogP contribution in [0, 0.1) is 0 Å². The summed E-state index contributed by atoms with van der Waals surface area (Å²) in [5, 5.41) is 4.25. The number of aromatic nitrogens is 1. The first-order valence-electron chi connectivity index (χ1n) is 8.15. The van der Waals surface area contributed by atoms with E-state index in [4.69, 9.17) is 16.2 Å². The molecular weight excluding hydrogens is 330 g/mol. The summed E-state index contributed by atoms with van der Waals surface area (Å²) in [6, 6.07) is 14.5. The number of nitrogens with zero attached hydrogens (tertiary/aromatic N) is 1. The van der Waals surface area contributed by atoms with E-state index in [9.17, 15) is 0 Å². The molecule has 5 heteroatoms. The number of fused-ring (bicyclic) bond motifs is 3. The molecular formula is C20H19N3OS. The van der Waals surface area contributed by atoms with E-state index in [-0.39, 0.29) is 0 Å². The van der Waals surface area contributed by atoms with E-state index >= 15 is 0 Å². The van der Waals surface area contributed by atoms with Crippen LogP contribution in [0.1, 0.15) is 5.56 Å². The van der Waals surface area contributed by atoms with Crippen LogP contribution in [0.2, 0.25) is 0 Å². The van der Waals surface area contributed by atoms with Gasteiger partial charge in [-0.15, -0.1) is 11.3 Å². The van der Waals surface area contributed by atoms with E-state index < -0.39 is 0 Å². The van der Waals surface area contributed by atoms with Crippen molar-refractivity contribution in [1.82, 2.24) is 4.98 Å². The highest BCUT2D eigenvalue weighted by atomic mass is 32.1. The Balaban J connectivity index is 2.05. The van der Waals surface area contributed by atoms with E-state index in [0.717, 1.165) is 44.3 Å². The molecule has 0 aliphatic carbocycles. The molecule has 0 unspecified atom stereocenters. The van der Waals surface area contributed by atoms with E-state index in [2.05, 4.69) is 40.7 Å². The number of rotatable bonds is 4. The number of hydrogen-bond donors (Lipinski definition) is 2. The highest BCUT2D eigenvalue weighted by Gasteiger charge is 2.16. The van der Waals surface area contributed by atoms with Gasteiger partial charge in [0.1, 0.15) is 11.6 Å². The average Bonchev–Trinajstić information content (AvgIpc) is 3.12. The lowest BCUT2D eigenvalue weighted by Gasteiger charge is -2.14. The zero-order valence-electron chi connectivity index (χ0n) is 14.0. The molecule has 0 bridgehead atoms. The Morgan fingerprint density at radius 2 is 1.88 bits per heavy atom. The monoisotopic (exact) mass is 349 g/mol. The van der Waals surface area contributed by atoms with Crippen molar-refractivity contribution in [2.24, 2.45) is 5.73 Å². The zero-order valence-corrected chi connectivity index (χ0v) is 14.8. The number of anilines is 1. The summed E-state index contributed by atoms with van der Waals surface area (Å²) in [6.45, 7) is 0.648. The molecule has 2 aromatic carbocycles. The Morgan fingerprint density at radius 1 is 1.08 bits per heavy atom. The van der Waals surface area contributed by atoms with Crippen LogP contribution in [-0.2, 0) is 6.42 Å². The number of thiophene rings is 1. The Morgan fingerprint density at radius 3 is 2.60 bits per heavy atom. The maximum atomic E-state index is 6.14. The highest BCUT2D eigenvalue weighted by molar-refractivity contribution is 7.18. The van der Waals surface area contributed by atoms with Crippen LogP contribution in [0.3, 0.4) is 0 Å². The van der Waals surface area contributed by atoms with Crippen LogP contribution in [0.25, 0.3) is 32.1 Å². The molecule has 2 heterocycles. The van der Waals surface area contributed by atoms with Gasteiger partial charge in [-0.25, -0.2) is 4.98 Å². The Hall–Kier alpha value is -2.63. The van der Waals surface area contributed by atoms with Crippen molar-refractivity contribution in [3.63, 3.8) is 0 Å². The van der Waals surface area contributed by atoms with E-state index in [1.54, 1.807) is 18.4 Å². The molecule has 25 heavy (non-hydrogen) atoms. The minimum Gasteiger partial charge on any atom is -0.496 e. The van der Waals surface area contributed by atoms with E-state index in [0.29, 0.717) is 12.4 Å². The highest BCUT2D eigenvalue weighted by Crippen LogP contribution is 2.42. The predicted octanol–water partition coefficient (Wildman–Crippen LogP) is 4.21.